The Morgan fingerprint density at radius 1 is 0.962 bits per heavy atom. The summed E-state index contributed by atoms with van der Waals surface area (Å²) in [6.45, 7) is 0. The molecule has 0 spiro atoms. The van der Waals surface area contributed by atoms with Crippen LogP contribution in [0.5, 0.6) is 0 Å². The number of nitrogens with zero attached hydrogens (tertiary/aromatic N) is 2. The Kier molecular flexibility index (Phi) is 19.1. The third kappa shape index (κ3) is 7.77. The van der Waals surface area contributed by atoms with Gasteiger partial charge in [0.15, 0.2) is 5.71 Å². The van der Waals surface area contributed by atoms with E-state index in [2.05, 4.69) is 10.5 Å². The van der Waals surface area contributed by atoms with Crippen molar-refractivity contribution in [1.82, 2.24) is 10.6 Å². The van der Waals surface area contributed by atoms with Gasteiger partial charge in [-0.05, 0) is 5.56 Å². The number of aromatic carboxylic acids is 1. The van der Waals surface area contributed by atoms with Crippen molar-refractivity contribution in [2.24, 2.45) is 5.10 Å². The Balaban J connectivity index is -0.000000245. The second-order valence-corrected chi connectivity index (χ2v) is 3.59. The van der Waals surface area contributed by atoms with Crippen LogP contribution in [0.4, 0.5) is 10.5 Å². The summed E-state index contributed by atoms with van der Waals surface area (Å²) in [4.78, 5) is 44.3. The zero-order valence-electron chi connectivity index (χ0n) is 12.6. The van der Waals surface area contributed by atoms with Crippen LogP contribution in [0.25, 0.3) is 5.43 Å². The molecule has 0 aliphatic carbocycles. The van der Waals surface area contributed by atoms with Crippen molar-refractivity contribution in [3.63, 3.8) is 0 Å². The Labute approximate surface area is 155 Å². The van der Waals surface area contributed by atoms with Crippen molar-refractivity contribution in [3.8, 4) is 0 Å². The number of urea groups is 1. The van der Waals surface area contributed by atoms with Crippen LogP contribution in [0.15, 0.2) is 29.4 Å². The third-order valence-electron chi connectivity index (χ3n) is 2.27. The zero-order chi connectivity index (χ0) is 14.7. The quantitative estimate of drug-likeness (QED) is 0.269. The number of nitrogens with one attached hydrogen (secondary N) is 2. The molecule has 1 radical (unpaired) electrons. The molecule has 2 rings (SSSR count). The third-order valence-corrected chi connectivity index (χ3v) is 2.27. The summed E-state index contributed by atoms with van der Waals surface area (Å²) in [5, 5.41) is 17.8. The number of carbonyl (C=O) groups excluding carboxylic acids is 4. The van der Waals surface area contributed by atoms with E-state index < -0.39 is 29.5 Å². The van der Waals surface area contributed by atoms with Crippen LogP contribution >= 0.6 is 0 Å². The molecule has 14 nitrogen and oxygen atoms in total. The molecular weight excluding hydrogens is 412 g/mol. The molecule has 1 aromatic rings. The van der Waals surface area contributed by atoms with E-state index in [0.717, 1.165) is 0 Å². The summed E-state index contributed by atoms with van der Waals surface area (Å²) in [5.41, 5.74) is 2.52. The molecule has 26 heavy (non-hydrogen) atoms. The maximum absolute atomic E-state index is 11.3. The first-order valence-corrected chi connectivity index (χ1v) is 5.25. The zero-order valence-corrected chi connectivity index (χ0v) is 13.6. The van der Waals surface area contributed by atoms with E-state index in [0.29, 0.717) is 0 Å². The molecule has 0 saturated carbocycles. The van der Waals surface area contributed by atoms with E-state index in [9.17, 15) is 24.3 Å². The Bertz CT molecular complexity index is 644. The number of hydrogen-bond acceptors (Lipinski definition) is 6. The number of carboxylic acids is 1. The summed E-state index contributed by atoms with van der Waals surface area (Å²) in [6, 6.07) is 4.54. The molecule has 1 saturated heterocycles. The van der Waals surface area contributed by atoms with Crippen LogP contribution in [0.1, 0.15) is 10.4 Å². The summed E-state index contributed by atoms with van der Waals surface area (Å²) in [7, 11) is 0. The first kappa shape index (κ1) is 34.4. The van der Waals surface area contributed by atoms with E-state index in [-0.39, 0.29) is 55.7 Å². The van der Waals surface area contributed by atoms with Gasteiger partial charge in [-0.3, -0.25) is 20.2 Å². The summed E-state index contributed by atoms with van der Waals surface area (Å²) >= 11 is 0. The van der Waals surface area contributed by atoms with Gasteiger partial charge in [-0.15, -0.1) is 5.69 Å². The molecule has 1 heterocycles. The van der Waals surface area contributed by atoms with Crippen molar-refractivity contribution in [2.45, 2.75) is 0 Å². The smallest absolute Gasteiger partial charge is 0.574 e. The first-order valence-electron chi connectivity index (χ1n) is 5.25. The number of rotatable bonds is 3. The fraction of sp³-hybridized carbons (Fsp3) is 0. The number of benzene rings is 1. The molecule has 15 heteroatoms. The average molecular weight is 429 g/mol. The fourth-order valence-corrected chi connectivity index (χ4v) is 1.39. The molecule has 0 bridgehead atoms. The largest absolute Gasteiger partial charge is 2.00 e. The molecule has 151 valence electrons. The van der Waals surface area contributed by atoms with E-state index in [4.69, 9.17) is 0 Å². The van der Waals surface area contributed by atoms with Gasteiger partial charge in [0, 0.05) is 0 Å². The van der Waals surface area contributed by atoms with Crippen LogP contribution < -0.4 is 15.7 Å². The maximum Gasteiger partial charge on any atom is 2.00 e. The predicted molar refractivity (Wildman–Crippen MR) is 82.2 cm³/mol. The second kappa shape index (κ2) is 14.4. The predicted octanol–water partition coefficient (Wildman–Crippen LogP) is -5.45. The van der Waals surface area contributed by atoms with Crippen molar-refractivity contribution < 1.29 is 68.7 Å². The minimum atomic E-state index is -1.47. The van der Waals surface area contributed by atoms with E-state index in [1.807, 2.05) is 0 Å². The van der Waals surface area contributed by atoms with Gasteiger partial charge in [0.1, 0.15) is 0 Å². The summed E-state index contributed by atoms with van der Waals surface area (Å²) < 4.78 is 0. The van der Waals surface area contributed by atoms with Crippen LogP contribution in [0, 0.1) is 0 Å². The van der Waals surface area contributed by atoms with Gasteiger partial charge >= 0.3 is 23.1 Å². The first-order chi connectivity index (χ1) is 9.49. The molecule has 0 atom stereocenters. The fourth-order valence-electron chi connectivity index (χ4n) is 1.39. The summed E-state index contributed by atoms with van der Waals surface area (Å²) in [5.74, 6) is -3.51. The van der Waals surface area contributed by atoms with Gasteiger partial charge in [-0.25, -0.2) is 4.79 Å². The molecule has 1 aromatic carbocycles. The topological polar surface area (TPSA) is 301 Å². The van der Waals surface area contributed by atoms with E-state index in [1.165, 1.54) is 24.3 Å². The van der Waals surface area contributed by atoms with Gasteiger partial charge in [0.2, 0.25) is 0 Å². The number of carboxylic acid groups (broad SMARTS) is 1. The van der Waals surface area contributed by atoms with Gasteiger partial charge in [-0.1, -0.05) is 24.3 Å². The van der Waals surface area contributed by atoms with Gasteiger partial charge in [0.25, 0.3) is 11.8 Å². The molecule has 13 N–H and O–H groups in total. The maximum atomic E-state index is 11.3. The van der Waals surface area contributed by atoms with Crippen molar-refractivity contribution in [2.75, 3.05) is 0 Å². The standard InChI is InChI=1S/C11H8N4O5.Cu.5H2O/c16-8-7(9(17)13-11(20)12-8)15-14-6-4-2-1-3-5(6)10(18)19;;;;;;/h1-4H,(H4,12,13,14,16,17,18,19,20);;5*1H2/q;+2;;;;;/p-1. The molecule has 1 aliphatic heterocycles. The monoisotopic (exact) mass is 428 g/mol. The minimum absolute atomic E-state index is 0. The SMILES string of the molecule is O.O.O.O.O=C1NC(=O)C(=N[N-]c2ccccc2C(=O)[O-])C(=O)N1.[Cu+2].[OH3+]. The van der Waals surface area contributed by atoms with Gasteiger partial charge in [-0.2, -0.15) is 0 Å². The number of hydrogen-bond donors (Lipinski definition) is 2. The van der Waals surface area contributed by atoms with Gasteiger partial charge in [0.05, 0.1) is 5.97 Å². The van der Waals surface area contributed by atoms with Gasteiger partial charge < -0.3 is 47.8 Å². The Morgan fingerprint density at radius 2 is 1.42 bits per heavy atom. The molecular formula is C11H17CuN4O10+. The van der Waals surface area contributed by atoms with Crippen molar-refractivity contribution >= 4 is 35.2 Å². The van der Waals surface area contributed by atoms with Crippen molar-refractivity contribution in [3.05, 3.63) is 35.3 Å². The molecule has 4 amide bonds. The van der Waals surface area contributed by atoms with Crippen LogP contribution in [0.2, 0.25) is 0 Å². The van der Waals surface area contributed by atoms with E-state index >= 15 is 0 Å². The molecule has 0 unspecified atom stereocenters. The number of barbiturate groups is 1. The number of imide groups is 2. The number of amides is 4. The molecule has 1 fully saturated rings. The molecule has 1 aliphatic rings. The molecule has 0 aromatic heterocycles. The van der Waals surface area contributed by atoms with Crippen LogP contribution in [-0.2, 0) is 32.1 Å². The van der Waals surface area contributed by atoms with Crippen LogP contribution in [0.3, 0.4) is 0 Å². The minimum Gasteiger partial charge on any atom is -0.574 e. The number of carbonyl (C=O) groups is 4. The van der Waals surface area contributed by atoms with E-state index in [1.54, 1.807) is 10.6 Å². The second-order valence-electron chi connectivity index (χ2n) is 3.59. The van der Waals surface area contributed by atoms with Crippen molar-refractivity contribution in [1.29, 1.82) is 0 Å². The normalized spacial score (nSPS) is 11.1. The Hall–Kier alpha value is -2.91. The summed E-state index contributed by atoms with van der Waals surface area (Å²) in [6.07, 6.45) is 0. The Morgan fingerprint density at radius 3 is 1.88 bits per heavy atom. The van der Waals surface area contributed by atoms with Crippen LogP contribution in [-0.4, -0.2) is 51.4 Å². The average Bonchev–Trinajstić information content (AvgIpc) is 2.37.